The van der Waals surface area contributed by atoms with Crippen molar-refractivity contribution in [1.82, 2.24) is 20.2 Å². The minimum Gasteiger partial charge on any atom is -0.298 e. The first kappa shape index (κ1) is 21.4. The smallest absolute Gasteiger partial charge is 0.258 e. The number of amides is 1. The zero-order valence-electron chi connectivity index (χ0n) is 17.0. The summed E-state index contributed by atoms with van der Waals surface area (Å²) in [5.41, 5.74) is 3.20. The monoisotopic (exact) mass is 489 g/mol. The Labute approximate surface area is 202 Å². The van der Waals surface area contributed by atoms with Gasteiger partial charge >= 0.3 is 0 Å². The predicted molar refractivity (Wildman–Crippen MR) is 135 cm³/mol. The molecule has 0 atom stereocenters. The van der Waals surface area contributed by atoms with Crippen LogP contribution in [0, 0.1) is 0 Å². The first-order valence-electron chi connectivity index (χ1n) is 9.92. The van der Waals surface area contributed by atoms with Crippen molar-refractivity contribution in [2.75, 3.05) is 5.32 Å². The van der Waals surface area contributed by atoms with E-state index in [1.54, 1.807) is 12.3 Å². The van der Waals surface area contributed by atoms with Gasteiger partial charge < -0.3 is 0 Å². The van der Waals surface area contributed by atoms with E-state index in [-0.39, 0.29) is 5.91 Å². The fraction of sp³-hybridized carbons (Fsp3) is 0. The average molecular weight is 490 g/mol. The number of carbonyl (C=O) groups excluding carboxylic acids is 1. The van der Waals surface area contributed by atoms with Crippen LogP contribution in [-0.2, 0) is 0 Å². The molecule has 3 aromatic heterocycles. The number of anilines is 1. The molecule has 1 amide bonds. The molecule has 0 aliphatic carbocycles. The Kier molecular flexibility index (Phi) is 6.21. The van der Waals surface area contributed by atoms with Crippen LogP contribution in [0.4, 0.5) is 5.13 Å². The predicted octanol–water partition coefficient (Wildman–Crippen LogP) is 6.64. The largest absolute Gasteiger partial charge is 0.298 e. The maximum atomic E-state index is 12.8. The number of thiazole rings is 1. The van der Waals surface area contributed by atoms with Crippen molar-refractivity contribution in [2.45, 2.75) is 9.79 Å². The van der Waals surface area contributed by atoms with Gasteiger partial charge in [0.2, 0.25) is 0 Å². The number of fused-ring (bicyclic) bond motifs is 1. The fourth-order valence-electron chi connectivity index (χ4n) is 3.20. The summed E-state index contributed by atoms with van der Waals surface area (Å²) in [6.07, 6.45) is 7.15. The molecule has 6 nitrogen and oxygen atoms in total. The Balaban J connectivity index is 1.37. The van der Waals surface area contributed by atoms with E-state index in [2.05, 4.69) is 25.5 Å². The van der Waals surface area contributed by atoms with Crippen LogP contribution in [-0.4, -0.2) is 26.1 Å². The van der Waals surface area contributed by atoms with Crippen molar-refractivity contribution >= 4 is 68.8 Å². The maximum Gasteiger partial charge on any atom is 0.258 e. The number of pyridine rings is 1. The van der Waals surface area contributed by atoms with Gasteiger partial charge in [-0.25, -0.2) is 4.98 Å². The first-order chi connectivity index (χ1) is 16.2. The molecule has 5 rings (SSSR count). The summed E-state index contributed by atoms with van der Waals surface area (Å²) in [7, 11) is 0. The van der Waals surface area contributed by atoms with E-state index in [9.17, 15) is 4.79 Å². The highest BCUT2D eigenvalue weighted by Gasteiger charge is 2.14. The molecule has 2 aromatic carbocycles. The number of hydrogen-bond donors (Lipinski definition) is 2. The van der Waals surface area contributed by atoms with Crippen molar-refractivity contribution in [1.29, 1.82) is 0 Å². The standard InChI is InChI=1S/C24H16ClN5OS2/c25-22-14-27-24(33-22)28-23(31)18-6-1-2-7-21(18)32-16-9-10-17-19(29-30-20(17)13-16)11-8-15-5-3-4-12-26-15/h1-14H,(H,29,30)(H,27,28,31)/b11-8+. The van der Waals surface area contributed by atoms with Crippen LogP contribution >= 0.6 is 34.7 Å². The van der Waals surface area contributed by atoms with E-state index in [1.807, 2.05) is 66.7 Å². The Bertz CT molecular complexity index is 1460. The highest BCUT2D eigenvalue weighted by molar-refractivity contribution is 7.99. The Hall–Kier alpha value is -3.46. The van der Waals surface area contributed by atoms with Gasteiger partial charge in [0.15, 0.2) is 5.13 Å². The molecule has 3 heterocycles. The topological polar surface area (TPSA) is 83.6 Å². The number of rotatable bonds is 6. The third-order valence-electron chi connectivity index (χ3n) is 4.72. The van der Waals surface area contributed by atoms with E-state index in [0.717, 1.165) is 32.1 Å². The lowest BCUT2D eigenvalue weighted by molar-refractivity contribution is 0.102. The molecule has 0 unspecified atom stereocenters. The zero-order valence-corrected chi connectivity index (χ0v) is 19.4. The van der Waals surface area contributed by atoms with Gasteiger partial charge in [0.05, 0.1) is 28.7 Å². The lowest BCUT2D eigenvalue weighted by atomic mass is 10.2. The molecule has 2 N–H and O–H groups in total. The molecule has 0 bridgehead atoms. The third kappa shape index (κ3) is 4.98. The van der Waals surface area contributed by atoms with Crippen molar-refractivity contribution in [3.63, 3.8) is 0 Å². The number of carbonyl (C=O) groups is 1. The number of nitrogens with zero attached hydrogens (tertiary/aromatic N) is 3. The van der Waals surface area contributed by atoms with Crippen molar-refractivity contribution in [3.8, 4) is 0 Å². The van der Waals surface area contributed by atoms with Gasteiger partial charge in [0.25, 0.3) is 5.91 Å². The van der Waals surface area contributed by atoms with E-state index in [1.165, 1.54) is 29.3 Å². The summed E-state index contributed by atoms with van der Waals surface area (Å²) in [6.45, 7) is 0. The van der Waals surface area contributed by atoms with Gasteiger partial charge in [-0.2, -0.15) is 5.10 Å². The molecule has 33 heavy (non-hydrogen) atoms. The average Bonchev–Trinajstić information content (AvgIpc) is 3.44. The van der Waals surface area contributed by atoms with Crippen molar-refractivity contribution in [3.05, 3.63) is 94.3 Å². The fourth-order valence-corrected chi connectivity index (χ4v) is 4.99. The van der Waals surface area contributed by atoms with E-state index in [0.29, 0.717) is 15.0 Å². The highest BCUT2D eigenvalue weighted by atomic mass is 35.5. The van der Waals surface area contributed by atoms with E-state index >= 15 is 0 Å². The van der Waals surface area contributed by atoms with Gasteiger partial charge in [0, 0.05) is 21.4 Å². The first-order valence-corrected chi connectivity index (χ1v) is 11.9. The summed E-state index contributed by atoms with van der Waals surface area (Å²) >= 11 is 8.65. The van der Waals surface area contributed by atoms with E-state index in [4.69, 9.17) is 11.6 Å². The minimum atomic E-state index is -0.228. The molecule has 0 fully saturated rings. The zero-order chi connectivity index (χ0) is 22.6. The number of benzene rings is 2. The lowest BCUT2D eigenvalue weighted by Crippen LogP contribution is -2.12. The number of H-pyrrole nitrogens is 1. The van der Waals surface area contributed by atoms with E-state index < -0.39 is 0 Å². The summed E-state index contributed by atoms with van der Waals surface area (Å²) in [5.74, 6) is -0.228. The SMILES string of the molecule is O=C(Nc1ncc(Cl)s1)c1ccccc1Sc1ccc2c(/C=C/c3ccccn3)n[nH]c2c1. The molecule has 0 saturated carbocycles. The number of hydrogen-bond acceptors (Lipinski definition) is 6. The summed E-state index contributed by atoms with van der Waals surface area (Å²) in [6, 6.07) is 19.3. The van der Waals surface area contributed by atoms with Crippen LogP contribution in [0.2, 0.25) is 4.34 Å². The summed E-state index contributed by atoms with van der Waals surface area (Å²) in [4.78, 5) is 23.0. The number of halogens is 1. The van der Waals surface area contributed by atoms with Gasteiger partial charge in [-0.3, -0.25) is 20.2 Å². The molecule has 0 spiro atoms. The summed E-state index contributed by atoms with van der Waals surface area (Å²) < 4.78 is 0.523. The van der Waals surface area contributed by atoms with Gasteiger partial charge in [0.1, 0.15) is 4.34 Å². The molecule has 0 aliphatic rings. The van der Waals surface area contributed by atoms with Gasteiger partial charge in [-0.05, 0) is 54.6 Å². The molecule has 162 valence electrons. The molecule has 0 aliphatic heterocycles. The van der Waals surface area contributed by atoms with Crippen molar-refractivity contribution < 1.29 is 4.79 Å². The second-order valence-electron chi connectivity index (χ2n) is 6.93. The van der Waals surface area contributed by atoms with Gasteiger partial charge in [-0.1, -0.05) is 52.9 Å². The number of aromatic amines is 1. The second-order valence-corrected chi connectivity index (χ2v) is 9.70. The molecule has 5 aromatic rings. The lowest BCUT2D eigenvalue weighted by Gasteiger charge is -2.08. The summed E-state index contributed by atoms with van der Waals surface area (Å²) in [5, 5.41) is 11.8. The molecule has 0 saturated heterocycles. The van der Waals surface area contributed by atoms with Crippen LogP contribution in [0.15, 0.2) is 82.8 Å². The van der Waals surface area contributed by atoms with Crippen LogP contribution < -0.4 is 5.32 Å². The quantitative estimate of drug-likeness (QED) is 0.279. The Morgan fingerprint density at radius 1 is 1.06 bits per heavy atom. The second kappa shape index (κ2) is 9.58. The van der Waals surface area contributed by atoms with Crippen LogP contribution in [0.25, 0.3) is 23.1 Å². The highest BCUT2D eigenvalue weighted by Crippen LogP contribution is 2.33. The third-order valence-corrected chi connectivity index (χ3v) is 6.82. The minimum absolute atomic E-state index is 0.228. The number of nitrogens with one attached hydrogen (secondary N) is 2. The van der Waals surface area contributed by atoms with Crippen LogP contribution in [0.1, 0.15) is 21.7 Å². The molecular weight excluding hydrogens is 474 g/mol. The molecular formula is C24H16ClN5OS2. The Morgan fingerprint density at radius 2 is 1.94 bits per heavy atom. The maximum absolute atomic E-state index is 12.8. The number of aromatic nitrogens is 4. The molecule has 0 radical (unpaired) electrons. The van der Waals surface area contributed by atoms with Gasteiger partial charge in [-0.15, -0.1) is 0 Å². The van der Waals surface area contributed by atoms with Crippen molar-refractivity contribution in [2.24, 2.45) is 0 Å². The normalized spacial score (nSPS) is 11.3. The van der Waals surface area contributed by atoms with Crippen LogP contribution in [0.3, 0.4) is 0 Å². The molecule has 9 heteroatoms. The van der Waals surface area contributed by atoms with Crippen LogP contribution in [0.5, 0.6) is 0 Å². The Morgan fingerprint density at radius 3 is 2.76 bits per heavy atom.